The van der Waals surface area contributed by atoms with E-state index in [0.29, 0.717) is 23.5 Å². The van der Waals surface area contributed by atoms with Crippen LogP contribution in [0.25, 0.3) is 22.1 Å². The number of benzene rings is 1. The van der Waals surface area contributed by atoms with Gasteiger partial charge in [-0.05, 0) is 36.8 Å². The van der Waals surface area contributed by atoms with Gasteiger partial charge in [0.25, 0.3) is 5.56 Å². The molecule has 162 valence electrons. The van der Waals surface area contributed by atoms with Crippen molar-refractivity contribution in [2.75, 3.05) is 5.32 Å². The van der Waals surface area contributed by atoms with Gasteiger partial charge in [-0.25, -0.2) is 4.79 Å². The summed E-state index contributed by atoms with van der Waals surface area (Å²) in [6.45, 7) is 0.176. The van der Waals surface area contributed by atoms with Gasteiger partial charge in [-0.3, -0.25) is 13.9 Å². The number of hydrogen-bond donors (Lipinski definition) is 2. The molecule has 9 heteroatoms. The van der Waals surface area contributed by atoms with Gasteiger partial charge in [0.15, 0.2) is 11.2 Å². The first-order chi connectivity index (χ1) is 14.8. The minimum absolute atomic E-state index is 0.0977. The first-order valence-electron chi connectivity index (χ1n) is 10.5. The van der Waals surface area contributed by atoms with Gasteiger partial charge >= 0.3 is 5.69 Å². The van der Waals surface area contributed by atoms with Crippen LogP contribution in [0.3, 0.4) is 0 Å². The maximum atomic E-state index is 13.4. The van der Waals surface area contributed by atoms with Crippen LogP contribution in [0.4, 0.5) is 5.95 Å². The molecule has 0 spiro atoms. The number of nitrogens with zero attached hydrogens (tertiary/aromatic N) is 5. The lowest BCUT2D eigenvalue weighted by Crippen LogP contribution is -2.40. The highest BCUT2D eigenvalue weighted by molar-refractivity contribution is 5.81. The number of hydrogen-bond acceptors (Lipinski definition) is 5. The number of nitrogens with one attached hydrogen (secondary N) is 1. The van der Waals surface area contributed by atoms with Crippen molar-refractivity contribution in [3.63, 3.8) is 0 Å². The Hall–Kier alpha value is -3.33. The number of imidazole rings is 1. The number of rotatable bonds is 4. The van der Waals surface area contributed by atoms with Gasteiger partial charge in [-0.2, -0.15) is 4.98 Å². The van der Waals surface area contributed by atoms with E-state index >= 15 is 0 Å². The Balaban J connectivity index is 1.60. The number of aliphatic hydroxyl groups is 1. The van der Waals surface area contributed by atoms with Crippen LogP contribution in [-0.2, 0) is 27.7 Å². The second-order valence-electron chi connectivity index (χ2n) is 8.46. The average molecular weight is 422 g/mol. The first-order valence-corrected chi connectivity index (χ1v) is 10.5. The van der Waals surface area contributed by atoms with Gasteiger partial charge in [0.05, 0.1) is 12.6 Å². The van der Waals surface area contributed by atoms with Crippen molar-refractivity contribution in [1.82, 2.24) is 23.3 Å². The number of fused-ring (bicyclic) bond motifs is 2. The van der Waals surface area contributed by atoms with Gasteiger partial charge in [0.1, 0.15) is 0 Å². The van der Waals surface area contributed by atoms with Crippen LogP contribution in [0.1, 0.15) is 25.0 Å². The van der Waals surface area contributed by atoms with Crippen molar-refractivity contribution in [3.05, 3.63) is 56.9 Å². The average Bonchev–Trinajstić information content (AvgIpc) is 3.41. The molecule has 9 nitrogen and oxygen atoms in total. The molecule has 31 heavy (non-hydrogen) atoms. The zero-order valence-electron chi connectivity index (χ0n) is 17.9. The summed E-state index contributed by atoms with van der Waals surface area (Å²) in [6, 6.07) is 10.1. The molecule has 0 amide bonds. The number of aliphatic hydroxyl groups excluding tert-OH is 1. The Morgan fingerprint density at radius 3 is 2.58 bits per heavy atom. The lowest BCUT2D eigenvalue weighted by Gasteiger charge is -2.12. The second kappa shape index (κ2) is 7.12. The molecular weight excluding hydrogens is 396 g/mol. The molecule has 5 rings (SSSR count). The maximum absolute atomic E-state index is 13.4. The molecule has 2 N–H and O–H groups in total. The van der Waals surface area contributed by atoms with E-state index in [1.807, 2.05) is 41.9 Å². The lowest BCUT2D eigenvalue weighted by atomic mass is 10.2. The summed E-state index contributed by atoms with van der Waals surface area (Å²) < 4.78 is 6.40. The van der Waals surface area contributed by atoms with Gasteiger partial charge in [0.2, 0.25) is 5.95 Å². The summed E-state index contributed by atoms with van der Waals surface area (Å²) >= 11 is 0. The Morgan fingerprint density at radius 2 is 1.87 bits per heavy atom. The predicted octanol–water partition coefficient (Wildman–Crippen LogP) is 1.30. The molecule has 2 atom stereocenters. The third kappa shape index (κ3) is 3.07. The lowest BCUT2D eigenvalue weighted by molar-refractivity contribution is 0.182. The van der Waals surface area contributed by atoms with E-state index in [9.17, 15) is 14.7 Å². The Kier molecular flexibility index (Phi) is 4.51. The molecule has 1 saturated carbocycles. The second-order valence-corrected chi connectivity index (χ2v) is 8.46. The van der Waals surface area contributed by atoms with Crippen LogP contribution in [0, 0.1) is 0 Å². The molecule has 0 saturated heterocycles. The molecule has 0 aliphatic heterocycles. The molecule has 1 aliphatic rings. The van der Waals surface area contributed by atoms with E-state index in [1.54, 1.807) is 18.7 Å². The van der Waals surface area contributed by atoms with Crippen molar-refractivity contribution < 1.29 is 5.11 Å². The molecular formula is C22H26N6O3. The third-order valence-electron chi connectivity index (χ3n) is 6.47. The highest BCUT2D eigenvalue weighted by atomic mass is 16.3. The van der Waals surface area contributed by atoms with Crippen LogP contribution in [0.5, 0.6) is 0 Å². The first kappa shape index (κ1) is 19.6. The third-order valence-corrected chi connectivity index (χ3v) is 6.47. The zero-order chi connectivity index (χ0) is 21.9. The highest BCUT2D eigenvalue weighted by Gasteiger charge is 2.25. The Labute approximate surface area is 178 Å². The molecule has 0 unspecified atom stereocenters. The van der Waals surface area contributed by atoms with Crippen molar-refractivity contribution >= 4 is 28.0 Å². The van der Waals surface area contributed by atoms with Crippen LogP contribution < -0.4 is 16.6 Å². The minimum atomic E-state index is -0.399. The number of para-hydroxylation sites is 1. The normalized spacial score (nSPS) is 19.0. The SMILES string of the molecule is Cn1c(Cn2c(=O)c3c(nc(N[C@@H]4CC[C@H](O)C4)n3C)n(C)c2=O)cc2ccccc21. The van der Waals surface area contributed by atoms with Crippen LogP contribution in [-0.4, -0.2) is 40.5 Å². The molecule has 4 aromatic rings. The fraction of sp³-hybridized carbons (Fsp3) is 0.409. The maximum Gasteiger partial charge on any atom is 0.332 e. The van der Waals surface area contributed by atoms with E-state index in [2.05, 4.69) is 10.3 Å². The largest absolute Gasteiger partial charge is 0.393 e. The fourth-order valence-electron chi connectivity index (χ4n) is 4.64. The molecule has 1 aromatic carbocycles. The van der Waals surface area contributed by atoms with E-state index < -0.39 is 5.69 Å². The van der Waals surface area contributed by atoms with E-state index in [0.717, 1.165) is 29.4 Å². The van der Waals surface area contributed by atoms with E-state index in [4.69, 9.17) is 0 Å². The van der Waals surface area contributed by atoms with Crippen LogP contribution in [0.2, 0.25) is 0 Å². The molecule has 1 aliphatic carbocycles. The van der Waals surface area contributed by atoms with Gasteiger partial charge < -0.3 is 19.6 Å². The summed E-state index contributed by atoms with van der Waals surface area (Å²) in [4.78, 5) is 31.0. The minimum Gasteiger partial charge on any atom is -0.393 e. The Morgan fingerprint density at radius 1 is 1.10 bits per heavy atom. The summed E-state index contributed by atoms with van der Waals surface area (Å²) in [7, 11) is 5.35. The molecule has 0 radical (unpaired) electrons. The summed E-state index contributed by atoms with van der Waals surface area (Å²) in [5, 5.41) is 14.2. The fourth-order valence-corrected chi connectivity index (χ4v) is 4.64. The molecule has 3 heterocycles. The van der Waals surface area contributed by atoms with Gasteiger partial charge in [0, 0.05) is 38.4 Å². The zero-order valence-corrected chi connectivity index (χ0v) is 17.9. The number of aromatic nitrogens is 5. The van der Waals surface area contributed by atoms with Crippen molar-refractivity contribution in [1.29, 1.82) is 0 Å². The predicted molar refractivity (Wildman–Crippen MR) is 120 cm³/mol. The van der Waals surface area contributed by atoms with Crippen LogP contribution in [0.15, 0.2) is 39.9 Å². The van der Waals surface area contributed by atoms with Gasteiger partial charge in [-0.15, -0.1) is 0 Å². The van der Waals surface area contributed by atoms with Crippen molar-refractivity contribution in [2.45, 2.75) is 38.0 Å². The smallest absolute Gasteiger partial charge is 0.332 e. The number of aryl methyl sites for hydroxylation is 3. The summed E-state index contributed by atoms with van der Waals surface area (Å²) in [5.74, 6) is 0.531. The molecule has 0 bridgehead atoms. The van der Waals surface area contributed by atoms with Crippen molar-refractivity contribution in [2.24, 2.45) is 21.1 Å². The summed E-state index contributed by atoms with van der Waals surface area (Å²) in [5.41, 5.74) is 1.89. The van der Waals surface area contributed by atoms with E-state index in [1.165, 1.54) is 9.13 Å². The van der Waals surface area contributed by atoms with E-state index in [-0.39, 0.29) is 24.2 Å². The standard InChI is InChI=1S/C22H26N6O3/c1-25-15(10-13-6-4-5-7-17(13)25)12-28-20(30)18-19(27(3)22(28)31)24-21(26(18)2)23-14-8-9-16(29)11-14/h4-7,10,14,16,29H,8-9,11-12H2,1-3H3,(H,23,24)/t14-,16+/m1/s1. The van der Waals surface area contributed by atoms with Crippen molar-refractivity contribution in [3.8, 4) is 0 Å². The summed E-state index contributed by atoms with van der Waals surface area (Å²) in [6.07, 6.45) is 1.93. The monoisotopic (exact) mass is 422 g/mol. The molecule has 1 fully saturated rings. The quantitative estimate of drug-likeness (QED) is 0.517. The Bertz CT molecular complexity index is 1420. The number of anilines is 1. The molecule has 3 aromatic heterocycles. The topological polar surface area (TPSA) is 99.0 Å². The van der Waals surface area contributed by atoms with Gasteiger partial charge in [-0.1, -0.05) is 18.2 Å². The van der Waals surface area contributed by atoms with Crippen LogP contribution >= 0.6 is 0 Å². The highest BCUT2D eigenvalue weighted by Crippen LogP contribution is 2.24.